The van der Waals surface area contributed by atoms with Gasteiger partial charge in [-0.1, -0.05) is 0 Å². The Bertz CT molecular complexity index is 680. The highest BCUT2D eigenvalue weighted by atomic mass is 32.1. The molecule has 2 N–H and O–H groups in total. The molecule has 1 aliphatic carbocycles. The fourth-order valence-corrected chi connectivity index (χ4v) is 3.55. The third-order valence-corrected chi connectivity index (χ3v) is 4.62. The zero-order chi connectivity index (χ0) is 14.3. The lowest BCUT2D eigenvalue weighted by atomic mass is 10.1. The van der Waals surface area contributed by atoms with Gasteiger partial charge in [0.2, 0.25) is 0 Å². The highest BCUT2D eigenvalue weighted by Crippen LogP contribution is 2.41. The molecule has 0 fully saturated rings. The van der Waals surface area contributed by atoms with Crippen LogP contribution in [0.3, 0.4) is 0 Å². The van der Waals surface area contributed by atoms with Crippen LogP contribution in [0.4, 0.5) is 0 Å². The number of aromatic hydroxyl groups is 1. The zero-order valence-corrected chi connectivity index (χ0v) is 11.6. The van der Waals surface area contributed by atoms with Crippen molar-refractivity contribution in [2.75, 3.05) is 7.11 Å². The van der Waals surface area contributed by atoms with E-state index in [2.05, 4.69) is 4.98 Å². The number of hydrogen-bond donors (Lipinski definition) is 2. The van der Waals surface area contributed by atoms with Crippen molar-refractivity contribution in [2.24, 2.45) is 0 Å². The van der Waals surface area contributed by atoms with E-state index >= 15 is 0 Å². The van der Waals surface area contributed by atoms with E-state index in [-0.39, 0.29) is 5.75 Å². The second kappa shape index (κ2) is 4.79. The molecule has 5 nitrogen and oxygen atoms in total. The second-order valence-electron chi connectivity index (χ2n) is 4.64. The summed E-state index contributed by atoms with van der Waals surface area (Å²) in [6, 6.07) is 5.07. The molecule has 20 heavy (non-hydrogen) atoms. The fourth-order valence-electron chi connectivity index (χ4n) is 2.41. The van der Waals surface area contributed by atoms with E-state index in [0.29, 0.717) is 17.9 Å². The Balaban J connectivity index is 1.99. The van der Waals surface area contributed by atoms with Crippen LogP contribution in [0.2, 0.25) is 0 Å². The molecular weight excluding hydrogens is 278 g/mol. The van der Waals surface area contributed by atoms with Crippen LogP contribution in [0, 0.1) is 0 Å². The van der Waals surface area contributed by atoms with Gasteiger partial charge in [0.05, 0.1) is 12.8 Å². The first-order valence-electron chi connectivity index (χ1n) is 6.20. The van der Waals surface area contributed by atoms with Gasteiger partial charge in [-0.25, -0.2) is 4.98 Å². The van der Waals surface area contributed by atoms with Crippen LogP contribution in [0.25, 0.3) is 10.6 Å². The number of aryl methyl sites for hydroxylation is 1. The topological polar surface area (TPSA) is 79.7 Å². The number of phenolic OH excluding ortho intramolecular Hbond substituents is 1. The maximum atomic E-state index is 11.2. The molecule has 0 saturated heterocycles. The van der Waals surface area contributed by atoms with E-state index in [9.17, 15) is 9.90 Å². The van der Waals surface area contributed by atoms with Crippen LogP contribution < -0.4 is 4.74 Å². The number of nitrogens with zero attached hydrogens (tertiary/aromatic N) is 1. The number of rotatable bonds is 3. The number of carbonyl (C=O) groups is 1. The quantitative estimate of drug-likeness (QED) is 0.908. The average molecular weight is 291 g/mol. The van der Waals surface area contributed by atoms with Crippen LogP contribution in [-0.4, -0.2) is 28.3 Å². The Kier molecular flexibility index (Phi) is 3.10. The number of benzene rings is 1. The molecule has 1 heterocycles. The van der Waals surface area contributed by atoms with Gasteiger partial charge in [-0.3, -0.25) is 4.79 Å². The summed E-state index contributed by atoms with van der Waals surface area (Å²) in [4.78, 5) is 16.6. The number of phenols is 1. The standard InChI is InChI=1S/C14H13NO4S/c1-19-10-4-2-7(6-9(10)16)13-15-12-8(14(17)18)3-5-11(12)20-13/h2,4,6,8,16H,3,5H2,1H3,(H,17,18). The van der Waals surface area contributed by atoms with Crippen molar-refractivity contribution in [3.63, 3.8) is 0 Å². The van der Waals surface area contributed by atoms with E-state index in [1.54, 1.807) is 12.1 Å². The molecule has 0 amide bonds. The molecule has 1 unspecified atom stereocenters. The third-order valence-electron chi connectivity index (χ3n) is 3.44. The number of ether oxygens (including phenoxy) is 1. The van der Waals surface area contributed by atoms with Gasteiger partial charge in [0.25, 0.3) is 0 Å². The largest absolute Gasteiger partial charge is 0.504 e. The predicted octanol–water partition coefficient (Wildman–Crippen LogP) is 2.64. The lowest BCUT2D eigenvalue weighted by molar-refractivity contribution is -0.138. The molecule has 0 saturated carbocycles. The monoisotopic (exact) mass is 291 g/mol. The first-order valence-corrected chi connectivity index (χ1v) is 7.01. The Hall–Kier alpha value is -2.08. The number of aliphatic carboxylic acids is 1. The van der Waals surface area contributed by atoms with Crippen LogP contribution in [-0.2, 0) is 11.2 Å². The summed E-state index contributed by atoms with van der Waals surface area (Å²) in [5.74, 6) is -0.864. The number of thiazole rings is 1. The first-order chi connectivity index (χ1) is 9.60. The van der Waals surface area contributed by atoms with Crippen molar-refractivity contribution in [1.29, 1.82) is 0 Å². The van der Waals surface area contributed by atoms with Crippen LogP contribution in [0.1, 0.15) is 22.9 Å². The minimum absolute atomic E-state index is 0.0511. The normalized spacial score (nSPS) is 16.9. The Morgan fingerprint density at radius 2 is 2.30 bits per heavy atom. The van der Waals surface area contributed by atoms with Gasteiger partial charge in [-0.05, 0) is 31.0 Å². The smallest absolute Gasteiger partial charge is 0.312 e. The molecule has 0 bridgehead atoms. The SMILES string of the molecule is COc1ccc(-c2nc3c(s2)CCC3C(=O)O)cc1O. The highest BCUT2D eigenvalue weighted by Gasteiger charge is 2.32. The molecule has 3 rings (SSSR count). The van der Waals surface area contributed by atoms with E-state index in [1.807, 2.05) is 6.07 Å². The van der Waals surface area contributed by atoms with Crippen molar-refractivity contribution in [1.82, 2.24) is 4.98 Å². The third kappa shape index (κ3) is 2.02. The molecule has 0 spiro atoms. The molecule has 1 aromatic heterocycles. The summed E-state index contributed by atoms with van der Waals surface area (Å²) in [7, 11) is 1.49. The minimum Gasteiger partial charge on any atom is -0.504 e. The van der Waals surface area contributed by atoms with Crippen molar-refractivity contribution >= 4 is 17.3 Å². The summed E-state index contributed by atoms with van der Waals surface area (Å²) in [5.41, 5.74) is 1.44. The van der Waals surface area contributed by atoms with E-state index in [1.165, 1.54) is 18.4 Å². The minimum atomic E-state index is -0.821. The molecule has 6 heteroatoms. The van der Waals surface area contributed by atoms with Crippen molar-refractivity contribution in [3.05, 3.63) is 28.8 Å². The van der Waals surface area contributed by atoms with Crippen molar-refractivity contribution in [2.45, 2.75) is 18.8 Å². The number of aromatic nitrogens is 1. The summed E-state index contributed by atoms with van der Waals surface area (Å²) in [6.45, 7) is 0. The number of carboxylic acid groups (broad SMARTS) is 1. The number of methoxy groups -OCH3 is 1. The fraction of sp³-hybridized carbons (Fsp3) is 0.286. The highest BCUT2D eigenvalue weighted by molar-refractivity contribution is 7.15. The number of carboxylic acids is 1. The second-order valence-corrected chi connectivity index (χ2v) is 5.73. The maximum Gasteiger partial charge on any atom is 0.312 e. The van der Waals surface area contributed by atoms with Gasteiger partial charge in [-0.15, -0.1) is 11.3 Å². The molecule has 1 aromatic carbocycles. The lowest BCUT2D eigenvalue weighted by Crippen LogP contribution is -2.08. The summed E-state index contributed by atoms with van der Waals surface area (Å²) >= 11 is 1.49. The summed E-state index contributed by atoms with van der Waals surface area (Å²) < 4.78 is 5.00. The lowest BCUT2D eigenvalue weighted by Gasteiger charge is -2.05. The molecular formula is C14H13NO4S. The van der Waals surface area contributed by atoms with Crippen molar-refractivity contribution < 1.29 is 19.7 Å². The number of fused-ring (bicyclic) bond motifs is 1. The predicted molar refractivity (Wildman–Crippen MR) is 74.5 cm³/mol. The number of hydrogen-bond acceptors (Lipinski definition) is 5. The first kappa shape index (κ1) is 12.9. The average Bonchev–Trinajstić information content (AvgIpc) is 2.97. The van der Waals surface area contributed by atoms with E-state index < -0.39 is 11.9 Å². The van der Waals surface area contributed by atoms with Gasteiger partial charge in [0.1, 0.15) is 10.9 Å². The van der Waals surface area contributed by atoms with Gasteiger partial charge >= 0.3 is 5.97 Å². The molecule has 0 radical (unpaired) electrons. The maximum absolute atomic E-state index is 11.2. The zero-order valence-electron chi connectivity index (χ0n) is 10.8. The Morgan fingerprint density at radius 1 is 1.50 bits per heavy atom. The Morgan fingerprint density at radius 3 is 2.95 bits per heavy atom. The molecule has 1 atom stereocenters. The van der Waals surface area contributed by atoms with E-state index in [0.717, 1.165) is 21.9 Å². The molecule has 2 aromatic rings. The summed E-state index contributed by atoms with van der Waals surface area (Å²) in [6.07, 6.45) is 1.38. The van der Waals surface area contributed by atoms with Gasteiger partial charge in [-0.2, -0.15) is 0 Å². The Labute approximate surface area is 119 Å². The summed E-state index contributed by atoms with van der Waals surface area (Å²) in [5, 5.41) is 19.7. The molecule has 0 aliphatic heterocycles. The van der Waals surface area contributed by atoms with Gasteiger partial charge < -0.3 is 14.9 Å². The van der Waals surface area contributed by atoms with Crippen molar-refractivity contribution in [3.8, 4) is 22.1 Å². The van der Waals surface area contributed by atoms with Crippen LogP contribution >= 0.6 is 11.3 Å². The molecule has 1 aliphatic rings. The van der Waals surface area contributed by atoms with Crippen LogP contribution in [0.5, 0.6) is 11.5 Å². The van der Waals surface area contributed by atoms with E-state index in [4.69, 9.17) is 9.84 Å². The van der Waals surface area contributed by atoms with Crippen LogP contribution in [0.15, 0.2) is 18.2 Å². The molecule has 104 valence electrons. The van der Waals surface area contributed by atoms with Gasteiger partial charge in [0.15, 0.2) is 11.5 Å². The van der Waals surface area contributed by atoms with Gasteiger partial charge in [0, 0.05) is 10.4 Å².